The maximum absolute atomic E-state index is 6.01. The zero-order valence-electron chi connectivity index (χ0n) is 9.42. The first kappa shape index (κ1) is 13.2. The highest BCUT2D eigenvalue weighted by Crippen LogP contribution is 2.31. The molecule has 0 saturated carbocycles. The van der Waals surface area contributed by atoms with Crippen LogP contribution < -0.4 is 4.74 Å². The van der Waals surface area contributed by atoms with Crippen LogP contribution in [0.15, 0.2) is 6.07 Å². The number of hydrogen-bond donors (Lipinski definition) is 0. The summed E-state index contributed by atoms with van der Waals surface area (Å²) in [5.74, 6) is 0.371. The molecule has 2 rings (SSSR count). The number of piperidine rings is 1. The molecular weight excluding hydrogens is 282 g/mol. The molecule has 0 bridgehead atoms. The molecule has 0 amide bonds. The van der Waals surface area contributed by atoms with Crippen molar-refractivity contribution < 1.29 is 4.74 Å². The number of rotatable bonds is 2. The first-order valence-corrected chi connectivity index (χ1v) is 6.56. The Labute approximate surface area is 116 Å². The lowest BCUT2D eigenvalue weighted by molar-refractivity contribution is 0.110. The molecule has 94 valence electrons. The second-order valence-electron chi connectivity index (χ2n) is 4.17. The molecule has 0 unspecified atom stereocenters. The molecule has 6 heteroatoms. The van der Waals surface area contributed by atoms with Gasteiger partial charge in [-0.3, -0.25) is 0 Å². The van der Waals surface area contributed by atoms with Crippen molar-refractivity contribution in [1.29, 1.82) is 0 Å². The summed E-state index contributed by atoms with van der Waals surface area (Å²) in [7, 11) is 2.10. The summed E-state index contributed by atoms with van der Waals surface area (Å²) in [5.41, 5.74) is 0. The summed E-state index contributed by atoms with van der Waals surface area (Å²) in [6.45, 7) is 2.03. The number of aromatic nitrogens is 1. The molecule has 0 radical (unpaired) electrons. The fraction of sp³-hybridized carbons (Fsp3) is 0.545. The van der Waals surface area contributed by atoms with Crippen LogP contribution in [0, 0.1) is 0 Å². The van der Waals surface area contributed by atoms with Gasteiger partial charge in [-0.15, -0.1) is 0 Å². The normalized spacial score (nSPS) is 18.4. The number of hydrogen-bond acceptors (Lipinski definition) is 3. The summed E-state index contributed by atoms with van der Waals surface area (Å²) in [5, 5.41) is 0.963. The lowest BCUT2D eigenvalue weighted by atomic mass is 10.1. The van der Waals surface area contributed by atoms with Crippen molar-refractivity contribution in [2.45, 2.75) is 18.9 Å². The van der Waals surface area contributed by atoms with E-state index in [2.05, 4.69) is 16.9 Å². The van der Waals surface area contributed by atoms with E-state index in [-0.39, 0.29) is 11.3 Å². The molecule has 0 spiro atoms. The van der Waals surface area contributed by atoms with Gasteiger partial charge in [-0.25, -0.2) is 0 Å². The molecule has 1 fully saturated rings. The van der Waals surface area contributed by atoms with Crippen LogP contribution in [0.5, 0.6) is 5.88 Å². The maximum Gasteiger partial charge on any atom is 0.234 e. The average Bonchev–Trinajstić information content (AvgIpc) is 2.29. The zero-order valence-corrected chi connectivity index (χ0v) is 11.7. The molecule has 0 N–H and O–H groups in total. The van der Waals surface area contributed by atoms with Gasteiger partial charge in [0.05, 0.1) is 5.02 Å². The summed E-state index contributed by atoms with van der Waals surface area (Å²) >= 11 is 17.7. The minimum atomic E-state index is 0.147. The van der Waals surface area contributed by atoms with E-state index in [9.17, 15) is 0 Å². The Kier molecular flexibility index (Phi) is 4.36. The molecule has 0 atom stereocenters. The molecule has 0 aliphatic carbocycles. The Morgan fingerprint density at radius 3 is 2.53 bits per heavy atom. The van der Waals surface area contributed by atoms with E-state index in [4.69, 9.17) is 39.5 Å². The number of nitrogens with zero attached hydrogens (tertiary/aromatic N) is 2. The first-order chi connectivity index (χ1) is 8.06. The smallest absolute Gasteiger partial charge is 0.234 e. The second-order valence-corrected chi connectivity index (χ2v) is 5.34. The van der Waals surface area contributed by atoms with Crippen LogP contribution in [0.4, 0.5) is 0 Å². The molecule has 1 aromatic rings. The highest BCUT2D eigenvalue weighted by Gasteiger charge is 2.20. The number of halogens is 3. The minimum absolute atomic E-state index is 0.147. The van der Waals surface area contributed by atoms with E-state index < -0.39 is 0 Å². The van der Waals surface area contributed by atoms with Crippen molar-refractivity contribution in [2.75, 3.05) is 20.1 Å². The van der Waals surface area contributed by atoms with Gasteiger partial charge in [0.1, 0.15) is 11.1 Å². The standard InChI is InChI=1S/C11H13Cl3N2O/c1-16-4-2-7(3-5-16)17-11-9(13)6-8(12)10(14)15-11/h6-7H,2-5H2,1H3. The summed E-state index contributed by atoms with van der Waals surface area (Å²) in [4.78, 5) is 6.32. The van der Waals surface area contributed by atoms with Gasteiger partial charge in [0.25, 0.3) is 0 Å². The van der Waals surface area contributed by atoms with Crippen molar-refractivity contribution in [1.82, 2.24) is 9.88 Å². The average molecular weight is 296 g/mol. The molecule has 1 aliphatic rings. The fourth-order valence-corrected chi connectivity index (χ4v) is 2.31. The predicted molar refractivity (Wildman–Crippen MR) is 70.4 cm³/mol. The van der Waals surface area contributed by atoms with Gasteiger partial charge in [-0.1, -0.05) is 34.8 Å². The van der Waals surface area contributed by atoms with Crippen LogP contribution in [0.2, 0.25) is 15.2 Å². The van der Waals surface area contributed by atoms with Gasteiger partial charge in [0, 0.05) is 13.1 Å². The van der Waals surface area contributed by atoms with Crippen molar-refractivity contribution >= 4 is 34.8 Å². The largest absolute Gasteiger partial charge is 0.473 e. The van der Waals surface area contributed by atoms with Crippen molar-refractivity contribution in [3.05, 3.63) is 21.3 Å². The molecular formula is C11H13Cl3N2O. The lowest BCUT2D eigenvalue weighted by Crippen LogP contribution is -2.35. The van der Waals surface area contributed by atoms with Crippen LogP contribution in [0.1, 0.15) is 12.8 Å². The van der Waals surface area contributed by atoms with Gasteiger partial charge in [0.2, 0.25) is 5.88 Å². The summed E-state index contributed by atoms with van der Waals surface area (Å²) in [6, 6.07) is 1.56. The Morgan fingerprint density at radius 1 is 1.24 bits per heavy atom. The van der Waals surface area contributed by atoms with Crippen LogP contribution in [0.25, 0.3) is 0 Å². The number of ether oxygens (including phenoxy) is 1. The first-order valence-electron chi connectivity index (χ1n) is 5.43. The molecule has 3 nitrogen and oxygen atoms in total. The van der Waals surface area contributed by atoms with E-state index in [1.165, 1.54) is 0 Å². The van der Waals surface area contributed by atoms with Gasteiger partial charge in [-0.2, -0.15) is 4.98 Å². The third-order valence-electron chi connectivity index (χ3n) is 2.80. The summed E-state index contributed by atoms with van der Waals surface area (Å²) < 4.78 is 5.76. The van der Waals surface area contributed by atoms with E-state index in [1.807, 2.05) is 0 Å². The monoisotopic (exact) mass is 294 g/mol. The topological polar surface area (TPSA) is 25.4 Å². The van der Waals surface area contributed by atoms with E-state index >= 15 is 0 Å². The van der Waals surface area contributed by atoms with Crippen LogP contribution >= 0.6 is 34.8 Å². The van der Waals surface area contributed by atoms with Crippen LogP contribution in [0.3, 0.4) is 0 Å². The Hall–Kier alpha value is -0.220. The zero-order chi connectivity index (χ0) is 12.4. The van der Waals surface area contributed by atoms with Gasteiger partial charge in [0.15, 0.2) is 5.15 Å². The van der Waals surface area contributed by atoms with Crippen molar-refractivity contribution in [3.63, 3.8) is 0 Å². The van der Waals surface area contributed by atoms with Gasteiger partial charge < -0.3 is 9.64 Å². The Balaban J connectivity index is 2.06. The van der Waals surface area contributed by atoms with Gasteiger partial charge in [-0.05, 0) is 26.0 Å². The highest BCUT2D eigenvalue weighted by molar-refractivity contribution is 6.42. The molecule has 1 aliphatic heterocycles. The van der Waals surface area contributed by atoms with Gasteiger partial charge >= 0.3 is 0 Å². The highest BCUT2D eigenvalue weighted by atomic mass is 35.5. The number of pyridine rings is 1. The van der Waals surface area contributed by atoms with E-state index in [0.29, 0.717) is 15.9 Å². The van der Waals surface area contributed by atoms with E-state index in [1.54, 1.807) is 6.07 Å². The molecule has 1 aromatic heterocycles. The second kappa shape index (κ2) is 5.61. The predicted octanol–water partition coefficient (Wildman–Crippen LogP) is 3.51. The van der Waals surface area contributed by atoms with Crippen molar-refractivity contribution in [2.24, 2.45) is 0 Å². The third kappa shape index (κ3) is 3.38. The van der Waals surface area contributed by atoms with Crippen molar-refractivity contribution in [3.8, 4) is 5.88 Å². The third-order valence-corrected chi connectivity index (χ3v) is 3.74. The maximum atomic E-state index is 6.01. The van der Waals surface area contributed by atoms with Crippen LogP contribution in [-0.4, -0.2) is 36.1 Å². The molecule has 2 heterocycles. The molecule has 1 saturated heterocycles. The molecule has 17 heavy (non-hydrogen) atoms. The molecule has 0 aromatic carbocycles. The minimum Gasteiger partial charge on any atom is -0.473 e. The Morgan fingerprint density at radius 2 is 1.88 bits per heavy atom. The number of likely N-dealkylation sites (tertiary alicyclic amines) is 1. The van der Waals surface area contributed by atoms with E-state index in [0.717, 1.165) is 25.9 Å². The Bertz CT molecular complexity index is 406. The van der Waals surface area contributed by atoms with Crippen LogP contribution in [-0.2, 0) is 0 Å². The lowest BCUT2D eigenvalue weighted by Gasteiger charge is -2.29. The fourth-order valence-electron chi connectivity index (χ4n) is 1.77. The quantitative estimate of drug-likeness (QED) is 0.781. The summed E-state index contributed by atoms with van der Waals surface area (Å²) in [6.07, 6.45) is 2.08. The SMILES string of the molecule is CN1CCC(Oc2nc(Cl)c(Cl)cc2Cl)CC1.